The van der Waals surface area contributed by atoms with E-state index in [0.717, 1.165) is 16.8 Å². The highest BCUT2D eigenvalue weighted by atomic mass is 16.6. The van der Waals surface area contributed by atoms with E-state index in [9.17, 15) is 4.79 Å². The summed E-state index contributed by atoms with van der Waals surface area (Å²) in [6.07, 6.45) is 0.662. The summed E-state index contributed by atoms with van der Waals surface area (Å²) < 4.78 is 0. The maximum Gasteiger partial charge on any atom is 0.265 e. The van der Waals surface area contributed by atoms with Crippen molar-refractivity contribution in [3.05, 3.63) is 95.6 Å². The molecule has 4 nitrogen and oxygen atoms in total. The molecule has 5 rings (SSSR count). The first-order valence-electron chi connectivity index (χ1n) is 9.54. The molecule has 0 spiro atoms. The smallest absolute Gasteiger partial charge is 0.265 e. The maximum atomic E-state index is 12.9. The van der Waals surface area contributed by atoms with Gasteiger partial charge in [-0.05, 0) is 27.8 Å². The van der Waals surface area contributed by atoms with Gasteiger partial charge >= 0.3 is 0 Å². The number of fused-ring (bicyclic) bond motifs is 3. The summed E-state index contributed by atoms with van der Waals surface area (Å²) >= 11 is 0. The number of nitrogens with zero attached hydrogens (tertiary/aromatic N) is 1. The Morgan fingerprint density at radius 1 is 0.893 bits per heavy atom. The van der Waals surface area contributed by atoms with E-state index < -0.39 is 6.10 Å². The monoisotopic (exact) mass is 368 g/mol. The highest BCUT2D eigenvalue weighted by Crippen LogP contribution is 2.43. The van der Waals surface area contributed by atoms with Gasteiger partial charge in [0.05, 0.1) is 11.8 Å². The summed E-state index contributed by atoms with van der Waals surface area (Å²) in [7, 11) is 0. The van der Waals surface area contributed by atoms with Crippen LogP contribution in [0.1, 0.15) is 29.2 Å². The molecule has 28 heavy (non-hydrogen) atoms. The lowest BCUT2D eigenvalue weighted by Gasteiger charge is -2.18. The molecular formula is C24H20N2O2. The van der Waals surface area contributed by atoms with Crippen LogP contribution in [0.3, 0.4) is 0 Å². The van der Waals surface area contributed by atoms with E-state index >= 15 is 0 Å². The third-order valence-electron chi connectivity index (χ3n) is 5.39. The summed E-state index contributed by atoms with van der Waals surface area (Å²) in [6, 6.07) is 26.4. The van der Waals surface area contributed by atoms with Gasteiger partial charge in [-0.3, -0.25) is 4.79 Å². The first-order valence-corrected chi connectivity index (χ1v) is 9.54. The molecule has 0 fully saturated rings. The maximum absolute atomic E-state index is 12.9. The van der Waals surface area contributed by atoms with E-state index in [0.29, 0.717) is 12.8 Å². The molecule has 1 N–H and O–H groups in total. The molecule has 0 radical (unpaired) electrons. The van der Waals surface area contributed by atoms with Crippen molar-refractivity contribution in [3.8, 4) is 11.1 Å². The molecule has 138 valence electrons. The van der Waals surface area contributed by atoms with Crippen LogP contribution in [-0.4, -0.2) is 17.7 Å². The number of hydrogen-bond donors (Lipinski definition) is 1. The van der Waals surface area contributed by atoms with E-state index in [1.54, 1.807) is 0 Å². The van der Waals surface area contributed by atoms with Crippen LogP contribution in [0.5, 0.6) is 0 Å². The second-order valence-corrected chi connectivity index (χ2v) is 7.23. The van der Waals surface area contributed by atoms with Crippen LogP contribution in [-0.2, 0) is 16.1 Å². The fourth-order valence-corrected chi connectivity index (χ4v) is 4.05. The Kier molecular flexibility index (Phi) is 4.17. The predicted octanol–water partition coefficient (Wildman–Crippen LogP) is 4.26. The van der Waals surface area contributed by atoms with Crippen molar-refractivity contribution in [2.24, 2.45) is 5.16 Å². The topological polar surface area (TPSA) is 50.7 Å². The second kappa shape index (κ2) is 6.97. The van der Waals surface area contributed by atoms with Gasteiger partial charge in [0.15, 0.2) is 0 Å². The van der Waals surface area contributed by atoms with Crippen LogP contribution in [0, 0.1) is 0 Å². The average molecular weight is 368 g/mol. The Morgan fingerprint density at radius 2 is 1.50 bits per heavy atom. The van der Waals surface area contributed by atoms with E-state index in [1.807, 2.05) is 42.5 Å². The molecule has 1 heterocycles. The Morgan fingerprint density at radius 3 is 2.18 bits per heavy atom. The molecule has 2 aliphatic rings. The molecule has 0 bridgehead atoms. The first kappa shape index (κ1) is 16.8. The van der Waals surface area contributed by atoms with E-state index in [1.165, 1.54) is 16.7 Å². The normalized spacial score (nSPS) is 17.4. The Bertz CT molecular complexity index is 1010. The summed E-state index contributed by atoms with van der Waals surface area (Å²) in [5.74, 6) is -0.122. The van der Waals surface area contributed by atoms with Crippen molar-refractivity contribution in [1.82, 2.24) is 5.32 Å². The third-order valence-corrected chi connectivity index (χ3v) is 5.39. The standard InChI is InChI=1S/C24H20N2O2/c27-24(22-15-17(26-28-22)14-16-8-2-1-3-9-16)25-23-20-12-6-4-10-18(20)19-11-5-7-13-21(19)23/h1-13,22-23H,14-15H2,(H,25,27). The van der Waals surface area contributed by atoms with E-state index in [4.69, 9.17) is 4.84 Å². The molecule has 1 aliphatic carbocycles. The van der Waals surface area contributed by atoms with Gasteiger partial charge in [-0.1, -0.05) is 84.0 Å². The first-order chi connectivity index (χ1) is 13.8. The summed E-state index contributed by atoms with van der Waals surface area (Å²) in [5.41, 5.74) is 6.68. The number of rotatable bonds is 4. The molecule has 3 aromatic carbocycles. The van der Waals surface area contributed by atoms with Crippen LogP contribution >= 0.6 is 0 Å². The molecule has 0 saturated heterocycles. The van der Waals surface area contributed by atoms with Crippen LogP contribution in [0.25, 0.3) is 11.1 Å². The van der Waals surface area contributed by atoms with Crippen LogP contribution in [0.2, 0.25) is 0 Å². The predicted molar refractivity (Wildman–Crippen MR) is 109 cm³/mol. The van der Waals surface area contributed by atoms with Gasteiger partial charge in [0.25, 0.3) is 5.91 Å². The fraction of sp³-hybridized carbons (Fsp3) is 0.167. The average Bonchev–Trinajstić information content (AvgIpc) is 3.33. The third kappa shape index (κ3) is 2.97. The van der Waals surface area contributed by atoms with Gasteiger partial charge in [-0.2, -0.15) is 0 Å². The Balaban J connectivity index is 1.30. The minimum Gasteiger partial charge on any atom is -0.382 e. The number of hydrogen-bond acceptors (Lipinski definition) is 3. The zero-order chi connectivity index (χ0) is 18.9. The van der Waals surface area contributed by atoms with Crippen molar-refractivity contribution in [1.29, 1.82) is 0 Å². The Labute approximate surface area is 163 Å². The summed E-state index contributed by atoms with van der Waals surface area (Å²) in [6.45, 7) is 0. The molecule has 1 unspecified atom stereocenters. The molecule has 0 aromatic heterocycles. The summed E-state index contributed by atoms with van der Waals surface area (Å²) in [4.78, 5) is 18.4. The molecule has 3 aromatic rings. The van der Waals surface area contributed by atoms with Gasteiger partial charge in [-0.15, -0.1) is 0 Å². The van der Waals surface area contributed by atoms with E-state index in [-0.39, 0.29) is 11.9 Å². The number of nitrogens with one attached hydrogen (secondary N) is 1. The molecule has 0 saturated carbocycles. The number of benzene rings is 3. The minimum absolute atomic E-state index is 0.122. The number of carbonyl (C=O) groups is 1. The Hall–Kier alpha value is -3.40. The largest absolute Gasteiger partial charge is 0.382 e. The minimum atomic E-state index is -0.571. The highest BCUT2D eigenvalue weighted by Gasteiger charge is 2.34. The fourth-order valence-electron chi connectivity index (χ4n) is 4.05. The van der Waals surface area contributed by atoms with Gasteiger partial charge in [0.1, 0.15) is 0 Å². The zero-order valence-corrected chi connectivity index (χ0v) is 15.3. The number of carbonyl (C=O) groups excluding carboxylic acids is 1. The van der Waals surface area contributed by atoms with Crippen molar-refractivity contribution in [2.45, 2.75) is 25.0 Å². The van der Waals surface area contributed by atoms with Crippen LogP contribution in [0.4, 0.5) is 0 Å². The van der Waals surface area contributed by atoms with Crippen LogP contribution in [0.15, 0.2) is 84.0 Å². The van der Waals surface area contributed by atoms with Gasteiger partial charge in [0.2, 0.25) is 6.10 Å². The second-order valence-electron chi connectivity index (χ2n) is 7.23. The summed E-state index contributed by atoms with van der Waals surface area (Å²) in [5, 5.41) is 7.33. The molecule has 1 atom stereocenters. The lowest BCUT2D eigenvalue weighted by molar-refractivity contribution is -0.131. The van der Waals surface area contributed by atoms with Crippen molar-refractivity contribution >= 4 is 11.6 Å². The molecule has 1 aliphatic heterocycles. The van der Waals surface area contributed by atoms with Crippen molar-refractivity contribution in [2.75, 3.05) is 0 Å². The highest BCUT2D eigenvalue weighted by molar-refractivity contribution is 5.94. The molecule has 1 amide bonds. The van der Waals surface area contributed by atoms with Crippen molar-refractivity contribution < 1.29 is 9.63 Å². The quantitative estimate of drug-likeness (QED) is 0.748. The molecule has 4 heteroatoms. The number of oxime groups is 1. The van der Waals surface area contributed by atoms with Crippen molar-refractivity contribution in [3.63, 3.8) is 0 Å². The number of amides is 1. The SMILES string of the molecule is O=C(NC1c2ccccc2-c2ccccc21)C1CC(Cc2ccccc2)=NO1. The van der Waals surface area contributed by atoms with Gasteiger partial charge in [0, 0.05) is 12.8 Å². The van der Waals surface area contributed by atoms with Gasteiger partial charge < -0.3 is 10.2 Å². The van der Waals surface area contributed by atoms with Crippen LogP contribution < -0.4 is 5.32 Å². The lowest BCUT2D eigenvalue weighted by atomic mass is 10.0. The lowest BCUT2D eigenvalue weighted by Crippen LogP contribution is -2.37. The molecular weight excluding hydrogens is 348 g/mol. The van der Waals surface area contributed by atoms with Gasteiger partial charge in [-0.25, -0.2) is 0 Å². The van der Waals surface area contributed by atoms with E-state index in [2.05, 4.69) is 46.9 Å². The zero-order valence-electron chi connectivity index (χ0n) is 15.3.